The van der Waals surface area contributed by atoms with Gasteiger partial charge in [0.05, 0.1) is 0 Å². The molecule has 1 saturated heterocycles. The molecule has 1 fully saturated rings. The molecule has 1 aliphatic rings. The van der Waals surface area contributed by atoms with Crippen molar-refractivity contribution in [3.05, 3.63) is 0 Å². The summed E-state index contributed by atoms with van der Waals surface area (Å²) in [5, 5.41) is 0. The Kier molecular flexibility index (Phi) is 4.87. The predicted molar refractivity (Wildman–Crippen MR) is 53.0 cm³/mol. The van der Waals surface area contributed by atoms with Gasteiger partial charge in [0, 0.05) is 6.42 Å². The first kappa shape index (κ1) is 9.61. The van der Waals surface area contributed by atoms with Crippen molar-refractivity contribution < 1.29 is 0 Å². The second-order valence-electron chi connectivity index (χ2n) is 3.56. The molecule has 1 heterocycles. The number of hydrogen-bond acceptors (Lipinski definition) is 1. The minimum absolute atomic E-state index is 0.958. The van der Waals surface area contributed by atoms with Crippen LogP contribution in [0.4, 0.5) is 0 Å². The van der Waals surface area contributed by atoms with E-state index in [4.69, 9.17) is 6.42 Å². The first-order valence-electron chi connectivity index (χ1n) is 5.09. The van der Waals surface area contributed by atoms with E-state index in [0.717, 1.165) is 6.42 Å². The van der Waals surface area contributed by atoms with Gasteiger partial charge in [0.15, 0.2) is 0 Å². The van der Waals surface area contributed by atoms with Gasteiger partial charge in [0.1, 0.15) is 0 Å². The number of likely N-dealkylation sites (tertiary alicyclic amines) is 1. The predicted octanol–water partition coefficient (Wildman–Crippen LogP) is 2.28. The fourth-order valence-corrected chi connectivity index (χ4v) is 1.75. The molecule has 1 nitrogen and oxygen atoms in total. The van der Waals surface area contributed by atoms with Gasteiger partial charge in [-0.15, -0.1) is 12.3 Å². The number of hydrogen-bond donors (Lipinski definition) is 0. The van der Waals surface area contributed by atoms with Gasteiger partial charge < -0.3 is 4.90 Å². The van der Waals surface area contributed by atoms with Gasteiger partial charge in [-0.1, -0.05) is 6.42 Å². The molecule has 0 spiro atoms. The van der Waals surface area contributed by atoms with Gasteiger partial charge in [-0.05, 0) is 45.3 Å². The Labute approximate surface area is 76.1 Å². The van der Waals surface area contributed by atoms with Crippen molar-refractivity contribution in [3.8, 4) is 12.3 Å². The van der Waals surface area contributed by atoms with Gasteiger partial charge in [-0.2, -0.15) is 0 Å². The van der Waals surface area contributed by atoms with E-state index in [1.165, 1.54) is 51.7 Å². The number of unbranched alkanes of at least 4 members (excludes halogenated alkanes) is 3. The van der Waals surface area contributed by atoms with Crippen LogP contribution < -0.4 is 0 Å². The summed E-state index contributed by atoms with van der Waals surface area (Å²) >= 11 is 0. The molecule has 0 bridgehead atoms. The van der Waals surface area contributed by atoms with Crippen LogP contribution in [-0.4, -0.2) is 24.5 Å². The topological polar surface area (TPSA) is 3.24 Å². The van der Waals surface area contributed by atoms with E-state index in [9.17, 15) is 0 Å². The van der Waals surface area contributed by atoms with Crippen LogP contribution in [0.1, 0.15) is 38.5 Å². The second-order valence-corrected chi connectivity index (χ2v) is 3.56. The van der Waals surface area contributed by atoms with E-state index < -0.39 is 0 Å². The third kappa shape index (κ3) is 3.78. The average molecular weight is 165 g/mol. The minimum Gasteiger partial charge on any atom is -0.303 e. The van der Waals surface area contributed by atoms with E-state index in [-0.39, 0.29) is 0 Å². The molecule has 0 radical (unpaired) electrons. The Morgan fingerprint density at radius 1 is 1.08 bits per heavy atom. The molecule has 0 aliphatic carbocycles. The van der Waals surface area contributed by atoms with Crippen molar-refractivity contribution in [1.29, 1.82) is 0 Å². The van der Waals surface area contributed by atoms with Crippen LogP contribution in [-0.2, 0) is 0 Å². The average Bonchev–Trinajstić information content (AvgIpc) is 2.57. The summed E-state index contributed by atoms with van der Waals surface area (Å²) in [6, 6.07) is 0. The molecule has 0 unspecified atom stereocenters. The van der Waals surface area contributed by atoms with E-state index in [1.807, 2.05) is 0 Å². The molecule has 0 N–H and O–H groups in total. The van der Waals surface area contributed by atoms with Crippen molar-refractivity contribution in [2.24, 2.45) is 0 Å². The maximum atomic E-state index is 5.17. The monoisotopic (exact) mass is 165 g/mol. The lowest BCUT2D eigenvalue weighted by Crippen LogP contribution is -2.20. The molecule has 0 amide bonds. The van der Waals surface area contributed by atoms with Crippen molar-refractivity contribution in [2.45, 2.75) is 38.5 Å². The third-order valence-electron chi connectivity index (χ3n) is 2.49. The molecule has 0 aromatic heterocycles. The van der Waals surface area contributed by atoms with Crippen LogP contribution in [0.3, 0.4) is 0 Å². The second kappa shape index (κ2) is 6.08. The summed E-state index contributed by atoms with van der Waals surface area (Å²) in [6.45, 7) is 3.95. The smallest absolute Gasteiger partial charge is 0.00860 e. The Balaban J connectivity index is 1.85. The normalized spacial score (nSPS) is 17.9. The summed E-state index contributed by atoms with van der Waals surface area (Å²) in [4.78, 5) is 2.57. The lowest BCUT2D eigenvalue weighted by atomic mass is 10.2. The molecular weight excluding hydrogens is 146 g/mol. The summed E-state index contributed by atoms with van der Waals surface area (Å²) < 4.78 is 0. The fraction of sp³-hybridized carbons (Fsp3) is 0.818. The first-order chi connectivity index (χ1) is 5.93. The van der Waals surface area contributed by atoms with Crippen molar-refractivity contribution in [2.75, 3.05) is 19.6 Å². The highest BCUT2D eigenvalue weighted by Gasteiger charge is 2.09. The van der Waals surface area contributed by atoms with Crippen LogP contribution in [0.25, 0.3) is 0 Å². The van der Waals surface area contributed by atoms with Gasteiger partial charge in [-0.3, -0.25) is 0 Å². The summed E-state index contributed by atoms with van der Waals surface area (Å²) in [7, 11) is 0. The van der Waals surface area contributed by atoms with Crippen LogP contribution in [0, 0.1) is 12.3 Å². The minimum atomic E-state index is 0.958. The molecule has 0 atom stereocenters. The van der Waals surface area contributed by atoms with Gasteiger partial charge in [-0.25, -0.2) is 0 Å². The molecular formula is C11H19N. The van der Waals surface area contributed by atoms with E-state index in [1.54, 1.807) is 0 Å². The van der Waals surface area contributed by atoms with E-state index in [2.05, 4.69) is 10.8 Å². The summed E-state index contributed by atoms with van der Waals surface area (Å²) in [5.74, 6) is 2.68. The molecule has 12 heavy (non-hydrogen) atoms. The molecule has 1 rings (SSSR count). The van der Waals surface area contributed by atoms with Crippen molar-refractivity contribution in [3.63, 3.8) is 0 Å². The Morgan fingerprint density at radius 2 is 1.83 bits per heavy atom. The molecule has 0 aromatic carbocycles. The summed E-state index contributed by atoms with van der Waals surface area (Å²) in [6.07, 6.45) is 12.8. The van der Waals surface area contributed by atoms with Crippen LogP contribution >= 0.6 is 0 Å². The third-order valence-corrected chi connectivity index (χ3v) is 2.49. The zero-order valence-electron chi connectivity index (χ0n) is 7.89. The SMILES string of the molecule is C#CCCCCCN1CCCC1. The van der Waals surface area contributed by atoms with Crippen molar-refractivity contribution >= 4 is 0 Å². The maximum absolute atomic E-state index is 5.17. The Hall–Kier alpha value is -0.480. The number of nitrogens with zero attached hydrogens (tertiary/aromatic N) is 1. The quantitative estimate of drug-likeness (QED) is 0.446. The molecule has 0 saturated carbocycles. The lowest BCUT2D eigenvalue weighted by Gasteiger charge is -2.13. The first-order valence-corrected chi connectivity index (χ1v) is 5.09. The lowest BCUT2D eigenvalue weighted by molar-refractivity contribution is 0.329. The molecule has 68 valence electrons. The molecule has 1 heteroatoms. The highest BCUT2D eigenvalue weighted by atomic mass is 15.1. The fourth-order valence-electron chi connectivity index (χ4n) is 1.75. The van der Waals surface area contributed by atoms with Gasteiger partial charge in [0.25, 0.3) is 0 Å². The highest BCUT2D eigenvalue weighted by Crippen LogP contribution is 2.09. The summed E-state index contributed by atoms with van der Waals surface area (Å²) in [5.41, 5.74) is 0. The Bertz CT molecular complexity index is 140. The zero-order chi connectivity index (χ0) is 8.65. The number of rotatable bonds is 5. The maximum Gasteiger partial charge on any atom is 0.00860 e. The van der Waals surface area contributed by atoms with Gasteiger partial charge in [0.2, 0.25) is 0 Å². The van der Waals surface area contributed by atoms with E-state index >= 15 is 0 Å². The van der Waals surface area contributed by atoms with Crippen LogP contribution in [0.15, 0.2) is 0 Å². The van der Waals surface area contributed by atoms with Gasteiger partial charge >= 0.3 is 0 Å². The van der Waals surface area contributed by atoms with E-state index in [0.29, 0.717) is 0 Å². The standard InChI is InChI=1S/C11H19N/c1-2-3-4-5-6-9-12-10-7-8-11-12/h1H,3-11H2. The molecule has 0 aromatic rings. The Morgan fingerprint density at radius 3 is 2.50 bits per heavy atom. The number of terminal acetylenes is 1. The van der Waals surface area contributed by atoms with Crippen molar-refractivity contribution in [1.82, 2.24) is 4.90 Å². The highest BCUT2D eigenvalue weighted by molar-refractivity contribution is 4.82. The zero-order valence-corrected chi connectivity index (χ0v) is 7.89. The molecule has 1 aliphatic heterocycles. The van der Waals surface area contributed by atoms with Crippen LogP contribution in [0.2, 0.25) is 0 Å². The van der Waals surface area contributed by atoms with Crippen LogP contribution in [0.5, 0.6) is 0 Å². The largest absolute Gasteiger partial charge is 0.303 e.